The van der Waals surface area contributed by atoms with E-state index < -0.39 is 17.6 Å². The highest BCUT2D eigenvalue weighted by atomic mass is 16.4. The van der Waals surface area contributed by atoms with E-state index in [9.17, 15) is 14.7 Å². The van der Waals surface area contributed by atoms with Crippen molar-refractivity contribution in [3.63, 3.8) is 0 Å². The van der Waals surface area contributed by atoms with Crippen molar-refractivity contribution in [2.24, 2.45) is 0 Å². The molecule has 19 heavy (non-hydrogen) atoms. The molecule has 0 aromatic carbocycles. The third kappa shape index (κ3) is 2.78. The Balaban J connectivity index is 3.66. The van der Waals surface area contributed by atoms with Gasteiger partial charge in [0.15, 0.2) is 6.10 Å². The maximum atomic E-state index is 11.8. The number of H-pyrrole nitrogens is 1. The number of carboxylic acids is 1. The summed E-state index contributed by atoms with van der Waals surface area (Å²) in [5.74, 6) is -1.21. The van der Waals surface area contributed by atoms with Gasteiger partial charge in [-0.05, 0) is 13.0 Å². The van der Waals surface area contributed by atoms with Crippen molar-refractivity contribution in [2.45, 2.75) is 13.0 Å². The van der Waals surface area contributed by atoms with E-state index in [1.54, 1.807) is 6.07 Å². The first-order valence-corrected chi connectivity index (χ1v) is 5.33. The Hall–Kier alpha value is -2.65. The van der Waals surface area contributed by atoms with Gasteiger partial charge in [0.1, 0.15) is 6.07 Å². The molecule has 0 radical (unpaired) electrons. The second-order valence-electron chi connectivity index (χ2n) is 3.62. The summed E-state index contributed by atoms with van der Waals surface area (Å²) < 4.78 is 0. The normalized spacial score (nSPS) is 12.6. The summed E-state index contributed by atoms with van der Waals surface area (Å²) in [4.78, 5) is 25.2. The lowest BCUT2D eigenvalue weighted by Gasteiger charge is -2.10. The molecule has 0 amide bonds. The molecule has 0 fully saturated rings. The first-order valence-electron chi connectivity index (χ1n) is 5.33. The first kappa shape index (κ1) is 14.4. The number of hydrogen-bond donors (Lipinski definition) is 3. The van der Waals surface area contributed by atoms with Gasteiger partial charge in [-0.15, -0.1) is 0 Å². The Morgan fingerprint density at radius 2 is 2.26 bits per heavy atom. The summed E-state index contributed by atoms with van der Waals surface area (Å²) in [6, 6.07) is 2.81. The molecule has 6 heteroatoms. The van der Waals surface area contributed by atoms with Gasteiger partial charge in [0.2, 0.25) is 0 Å². The quantitative estimate of drug-likeness (QED) is 0.553. The summed E-state index contributed by atoms with van der Waals surface area (Å²) >= 11 is 0. The van der Waals surface area contributed by atoms with Gasteiger partial charge < -0.3 is 15.2 Å². The number of allylic oxidation sites excluding steroid dienone is 1. The Bertz CT molecular complexity index is 650. The third-order valence-corrected chi connectivity index (χ3v) is 2.52. The Morgan fingerprint density at radius 1 is 1.63 bits per heavy atom. The Labute approximate surface area is 108 Å². The molecule has 1 atom stereocenters. The third-order valence-electron chi connectivity index (χ3n) is 2.52. The first-order chi connectivity index (χ1) is 8.96. The van der Waals surface area contributed by atoms with E-state index in [0.29, 0.717) is 0 Å². The minimum absolute atomic E-state index is 0.0614. The fraction of sp³-hybridized carbons (Fsp3) is 0.154. The fourth-order valence-electron chi connectivity index (χ4n) is 1.63. The number of carboxylic acid groups (broad SMARTS) is 1. The van der Waals surface area contributed by atoms with E-state index in [1.165, 1.54) is 25.1 Å². The molecule has 1 heterocycles. The zero-order chi connectivity index (χ0) is 14.6. The Morgan fingerprint density at radius 3 is 2.68 bits per heavy atom. The van der Waals surface area contributed by atoms with Crippen molar-refractivity contribution in [2.75, 3.05) is 0 Å². The van der Waals surface area contributed by atoms with Crippen LogP contribution in [0, 0.1) is 11.3 Å². The SMILES string of the molecule is C=Cc1c(/C(=C\C)C(=O)O)cc(C(O)C#N)[nH]c1=O. The van der Waals surface area contributed by atoms with Crippen molar-refractivity contribution >= 4 is 17.6 Å². The standard InChI is InChI=1S/C13H12N2O4/c1-3-7-9(8(4-2)13(18)19)5-10(11(16)6-14)15-12(7)17/h3-5,11,16H,1H2,2H3,(H,15,17)(H,18,19)/b8-4+. The molecular weight excluding hydrogens is 248 g/mol. The van der Waals surface area contributed by atoms with Gasteiger partial charge in [-0.1, -0.05) is 18.7 Å². The largest absolute Gasteiger partial charge is 0.478 e. The van der Waals surface area contributed by atoms with Gasteiger partial charge in [0.25, 0.3) is 5.56 Å². The lowest BCUT2D eigenvalue weighted by Crippen LogP contribution is -2.18. The van der Waals surface area contributed by atoms with Gasteiger partial charge in [-0.25, -0.2) is 4.79 Å². The average molecular weight is 260 g/mol. The van der Waals surface area contributed by atoms with Crippen LogP contribution in [0.3, 0.4) is 0 Å². The minimum Gasteiger partial charge on any atom is -0.478 e. The summed E-state index contributed by atoms with van der Waals surface area (Å²) in [5.41, 5.74) is -0.596. The number of nitriles is 1. The number of nitrogens with zero attached hydrogens (tertiary/aromatic N) is 1. The fourth-order valence-corrected chi connectivity index (χ4v) is 1.63. The van der Waals surface area contributed by atoms with Crippen LogP contribution >= 0.6 is 0 Å². The van der Waals surface area contributed by atoms with Gasteiger partial charge in [-0.2, -0.15) is 5.26 Å². The van der Waals surface area contributed by atoms with Crippen molar-refractivity contribution < 1.29 is 15.0 Å². The molecule has 3 N–H and O–H groups in total. The molecule has 0 saturated heterocycles. The van der Waals surface area contributed by atoms with Crippen LogP contribution in [-0.2, 0) is 4.79 Å². The predicted octanol–water partition coefficient (Wildman–Crippen LogP) is 1.06. The Kier molecular flexibility index (Phi) is 4.40. The molecule has 1 rings (SSSR count). The van der Waals surface area contributed by atoms with Crippen LogP contribution in [0.1, 0.15) is 29.8 Å². The summed E-state index contributed by atoms with van der Waals surface area (Å²) in [6.07, 6.45) is 1.02. The van der Waals surface area contributed by atoms with Gasteiger partial charge in [-0.3, -0.25) is 4.79 Å². The molecular formula is C13H12N2O4. The topological polar surface area (TPSA) is 114 Å². The van der Waals surface area contributed by atoms with E-state index in [1.807, 2.05) is 0 Å². The number of aromatic nitrogens is 1. The second kappa shape index (κ2) is 5.80. The number of carbonyl (C=O) groups is 1. The van der Waals surface area contributed by atoms with E-state index in [2.05, 4.69) is 11.6 Å². The van der Waals surface area contributed by atoms with Crippen LogP contribution in [-0.4, -0.2) is 21.2 Å². The molecule has 6 nitrogen and oxygen atoms in total. The molecule has 1 unspecified atom stereocenters. The van der Waals surface area contributed by atoms with Gasteiger partial charge in [0.05, 0.1) is 11.3 Å². The van der Waals surface area contributed by atoms with Crippen LogP contribution < -0.4 is 5.56 Å². The molecule has 0 aliphatic carbocycles. The number of aliphatic hydroxyl groups is 1. The molecule has 0 aliphatic rings. The zero-order valence-electron chi connectivity index (χ0n) is 10.2. The average Bonchev–Trinajstić information content (AvgIpc) is 2.37. The van der Waals surface area contributed by atoms with Gasteiger partial charge in [0, 0.05) is 11.1 Å². The minimum atomic E-state index is -1.53. The molecule has 0 aliphatic heterocycles. The monoisotopic (exact) mass is 260 g/mol. The van der Waals surface area contributed by atoms with E-state index in [-0.39, 0.29) is 22.4 Å². The molecule has 98 valence electrons. The zero-order valence-corrected chi connectivity index (χ0v) is 10.2. The van der Waals surface area contributed by atoms with Crippen LogP contribution in [0.4, 0.5) is 0 Å². The van der Waals surface area contributed by atoms with Crippen molar-refractivity contribution in [1.29, 1.82) is 5.26 Å². The molecule has 0 bridgehead atoms. The molecule has 0 spiro atoms. The highest BCUT2D eigenvalue weighted by Crippen LogP contribution is 2.21. The number of pyridine rings is 1. The number of aliphatic carboxylic acids is 1. The summed E-state index contributed by atoms with van der Waals surface area (Å²) in [7, 11) is 0. The highest BCUT2D eigenvalue weighted by Gasteiger charge is 2.18. The molecule has 1 aromatic rings. The van der Waals surface area contributed by atoms with E-state index in [4.69, 9.17) is 10.4 Å². The maximum Gasteiger partial charge on any atom is 0.335 e. The number of nitrogens with one attached hydrogen (secondary N) is 1. The summed E-state index contributed by atoms with van der Waals surface area (Å²) in [5, 5.41) is 27.1. The molecule has 1 aromatic heterocycles. The number of aliphatic hydroxyl groups excluding tert-OH is 1. The smallest absolute Gasteiger partial charge is 0.335 e. The van der Waals surface area contributed by atoms with Crippen LogP contribution in [0.5, 0.6) is 0 Å². The predicted molar refractivity (Wildman–Crippen MR) is 69.0 cm³/mol. The summed E-state index contributed by atoms with van der Waals surface area (Å²) in [6.45, 7) is 4.97. The van der Waals surface area contributed by atoms with Crippen LogP contribution in [0.15, 0.2) is 23.5 Å². The lowest BCUT2D eigenvalue weighted by molar-refractivity contribution is -0.130. The molecule has 0 saturated carbocycles. The second-order valence-corrected chi connectivity index (χ2v) is 3.62. The number of rotatable bonds is 4. The number of hydrogen-bond acceptors (Lipinski definition) is 4. The van der Waals surface area contributed by atoms with Crippen molar-refractivity contribution in [3.05, 3.63) is 45.9 Å². The van der Waals surface area contributed by atoms with Crippen molar-refractivity contribution in [1.82, 2.24) is 4.98 Å². The van der Waals surface area contributed by atoms with Crippen molar-refractivity contribution in [3.8, 4) is 6.07 Å². The lowest BCUT2D eigenvalue weighted by atomic mass is 9.99. The van der Waals surface area contributed by atoms with E-state index in [0.717, 1.165) is 0 Å². The number of aromatic amines is 1. The van der Waals surface area contributed by atoms with Crippen LogP contribution in [0.25, 0.3) is 11.6 Å². The van der Waals surface area contributed by atoms with Gasteiger partial charge >= 0.3 is 5.97 Å². The highest BCUT2D eigenvalue weighted by molar-refractivity contribution is 6.16. The van der Waals surface area contributed by atoms with Crippen LogP contribution in [0.2, 0.25) is 0 Å². The maximum absolute atomic E-state index is 11.8. The van der Waals surface area contributed by atoms with E-state index >= 15 is 0 Å².